The highest BCUT2D eigenvalue weighted by Crippen LogP contribution is 2.24. The first-order valence-corrected chi connectivity index (χ1v) is 6.36. The van der Waals surface area contributed by atoms with E-state index >= 15 is 0 Å². The van der Waals surface area contributed by atoms with Crippen molar-refractivity contribution in [2.75, 3.05) is 13.2 Å². The largest absolute Gasteiger partial charge is 0.502 e. The van der Waals surface area contributed by atoms with Crippen LogP contribution in [0.3, 0.4) is 0 Å². The van der Waals surface area contributed by atoms with Gasteiger partial charge in [-0.25, -0.2) is 4.98 Å². The van der Waals surface area contributed by atoms with Gasteiger partial charge in [-0.15, -0.1) is 11.3 Å². The molecule has 1 rings (SSSR count). The van der Waals surface area contributed by atoms with E-state index in [4.69, 9.17) is 4.74 Å². The smallest absolute Gasteiger partial charge is 0.0900 e. The second-order valence-electron chi connectivity index (χ2n) is 3.75. The lowest BCUT2D eigenvalue weighted by Gasteiger charge is -2.12. The Bertz CT molecular complexity index is 336. The van der Waals surface area contributed by atoms with Crippen molar-refractivity contribution in [3.63, 3.8) is 0 Å². The summed E-state index contributed by atoms with van der Waals surface area (Å²) in [6, 6.07) is 0.370. The van der Waals surface area contributed by atoms with E-state index in [0.29, 0.717) is 6.04 Å². The highest BCUT2D eigenvalue weighted by molar-refractivity contribution is 7.11. The molecule has 4 heteroatoms. The van der Waals surface area contributed by atoms with Crippen LogP contribution in [0.5, 0.6) is 0 Å². The average Bonchev–Trinajstić information content (AvgIpc) is 2.57. The van der Waals surface area contributed by atoms with Gasteiger partial charge in [-0.2, -0.15) is 0 Å². The average molecular weight is 240 g/mol. The molecule has 0 saturated heterocycles. The van der Waals surface area contributed by atoms with Crippen molar-refractivity contribution in [1.29, 1.82) is 0 Å². The third-order valence-corrected chi connectivity index (χ3v) is 3.60. The van der Waals surface area contributed by atoms with Gasteiger partial charge in [-0.1, -0.05) is 6.58 Å². The van der Waals surface area contributed by atoms with Gasteiger partial charge in [0.25, 0.3) is 0 Å². The molecule has 0 aliphatic rings. The van der Waals surface area contributed by atoms with Crippen LogP contribution in [0.1, 0.15) is 35.0 Å². The maximum atomic E-state index is 5.06. The molecule has 0 fully saturated rings. The third-order valence-electron chi connectivity index (χ3n) is 2.34. The maximum Gasteiger partial charge on any atom is 0.0900 e. The molecule has 0 bridgehead atoms. The van der Waals surface area contributed by atoms with E-state index in [1.54, 1.807) is 11.3 Å². The molecule has 1 atom stereocenters. The highest BCUT2D eigenvalue weighted by Gasteiger charge is 2.11. The molecule has 0 radical (unpaired) electrons. The first kappa shape index (κ1) is 13.2. The molecular formula is C12H20N2OS. The second kappa shape index (κ2) is 6.66. The van der Waals surface area contributed by atoms with Crippen molar-refractivity contribution >= 4 is 11.3 Å². The fourth-order valence-corrected chi connectivity index (χ4v) is 2.55. The summed E-state index contributed by atoms with van der Waals surface area (Å²) in [6.45, 7) is 11.5. The number of nitrogens with one attached hydrogen (secondary N) is 1. The van der Waals surface area contributed by atoms with Gasteiger partial charge in [0.05, 0.1) is 23.6 Å². The normalized spacial score (nSPS) is 12.4. The summed E-state index contributed by atoms with van der Waals surface area (Å²) in [4.78, 5) is 5.77. The van der Waals surface area contributed by atoms with Crippen LogP contribution in [0.15, 0.2) is 12.8 Å². The number of rotatable bonds is 7. The Morgan fingerprint density at radius 3 is 2.88 bits per heavy atom. The Hall–Kier alpha value is -0.870. The molecular weight excluding hydrogens is 220 g/mol. The summed E-state index contributed by atoms with van der Waals surface area (Å²) in [5.74, 6) is 0. The highest BCUT2D eigenvalue weighted by atomic mass is 32.1. The lowest BCUT2D eigenvalue weighted by atomic mass is 10.2. The van der Waals surface area contributed by atoms with Crippen molar-refractivity contribution in [3.8, 4) is 0 Å². The number of aryl methyl sites for hydroxylation is 2. The van der Waals surface area contributed by atoms with Gasteiger partial charge in [0.1, 0.15) is 0 Å². The lowest BCUT2D eigenvalue weighted by Crippen LogP contribution is -2.20. The van der Waals surface area contributed by atoms with Crippen molar-refractivity contribution in [1.82, 2.24) is 10.3 Å². The van der Waals surface area contributed by atoms with Crippen LogP contribution in [-0.2, 0) is 4.74 Å². The minimum atomic E-state index is 0.370. The minimum absolute atomic E-state index is 0.370. The van der Waals surface area contributed by atoms with E-state index in [2.05, 4.69) is 30.7 Å². The molecule has 90 valence electrons. The van der Waals surface area contributed by atoms with Gasteiger partial charge in [0.2, 0.25) is 0 Å². The molecule has 1 aromatic rings. The SMILES string of the molecule is C=COCCCNC(C)c1sc(C)nc1C. The Labute approximate surface area is 102 Å². The summed E-state index contributed by atoms with van der Waals surface area (Å²) < 4.78 is 5.06. The summed E-state index contributed by atoms with van der Waals surface area (Å²) in [5, 5.41) is 4.60. The lowest BCUT2D eigenvalue weighted by molar-refractivity contribution is 0.243. The Morgan fingerprint density at radius 2 is 2.31 bits per heavy atom. The van der Waals surface area contributed by atoms with E-state index in [-0.39, 0.29) is 0 Å². The van der Waals surface area contributed by atoms with Gasteiger partial charge in [0, 0.05) is 10.9 Å². The number of ether oxygens (including phenoxy) is 1. The molecule has 3 nitrogen and oxygen atoms in total. The molecule has 1 N–H and O–H groups in total. The van der Waals surface area contributed by atoms with E-state index in [9.17, 15) is 0 Å². The molecule has 0 saturated carbocycles. The first-order chi connectivity index (χ1) is 7.65. The fraction of sp³-hybridized carbons (Fsp3) is 0.583. The monoisotopic (exact) mass is 240 g/mol. The predicted molar refractivity (Wildman–Crippen MR) is 68.8 cm³/mol. The van der Waals surface area contributed by atoms with Crippen LogP contribution in [-0.4, -0.2) is 18.1 Å². The van der Waals surface area contributed by atoms with Crippen LogP contribution < -0.4 is 5.32 Å². The molecule has 0 spiro atoms. The summed E-state index contributed by atoms with van der Waals surface area (Å²) in [5.41, 5.74) is 1.14. The first-order valence-electron chi connectivity index (χ1n) is 5.55. The van der Waals surface area contributed by atoms with Crippen molar-refractivity contribution < 1.29 is 4.74 Å². The summed E-state index contributed by atoms with van der Waals surface area (Å²) >= 11 is 1.77. The Morgan fingerprint density at radius 1 is 1.56 bits per heavy atom. The van der Waals surface area contributed by atoms with Gasteiger partial charge >= 0.3 is 0 Å². The standard InChI is InChI=1S/C12H20N2OS/c1-5-15-8-6-7-13-9(2)12-10(3)14-11(4)16-12/h5,9,13H,1,6-8H2,2-4H3. The van der Waals surface area contributed by atoms with Crippen molar-refractivity contribution in [2.45, 2.75) is 33.2 Å². The van der Waals surface area contributed by atoms with E-state index in [1.807, 2.05) is 6.92 Å². The van der Waals surface area contributed by atoms with Gasteiger partial charge in [-0.3, -0.25) is 0 Å². The zero-order chi connectivity index (χ0) is 12.0. The number of thiazole rings is 1. The Balaban J connectivity index is 2.32. The van der Waals surface area contributed by atoms with Gasteiger partial charge in [-0.05, 0) is 33.7 Å². The van der Waals surface area contributed by atoms with Gasteiger partial charge in [0.15, 0.2) is 0 Å². The number of hydrogen-bond acceptors (Lipinski definition) is 4. The minimum Gasteiger partial charge on any atom is -0.502 e. The molecule has 1 heterocycles. The molecule has 0 aliphatic carbocycles. The maximum absolute atomic E-state index is 5.06. The van der Waals surface area contributed by atoms with E-state index < -0.39 is 0 Å². The quantitative estimate of drug-likeness (QED) is 0.588. The predicted octanol–water partition coefficient (Wildman–Crippen LogP) is 2.96. The van der Waals surface area contributed by atoms with Crippen LogP contribution in [0.4, 0.5) is 0 Å². The second-order valence-corrected chi connectivity index (χ2v) is 4.98. The van der Waals surface area contributed by atoms with E-state index in [0.717, 1.165) is 30.3 Å². The van der Waals surface area contributed by atoms with Crippen LogP contribution >= 0.6 is 11.3 Å². The molecule has 1 unspecified atom stereocenters. The van der Waals surface area contributed by atoms with Crippen molar-refractivity contribution in [2.24, 2.45) is 0 Å². The zero-order valence-corrected chi connectivity index (χ0v) is 11.1. The number of aromatic nitrogens is 1. The van der Waals surface area contributed by atoms with Crippen molar-refractivity contribution in [3.05, 3.63) is 28.4 Å². The molecule has 16 heavy (non-hydrogen) atoms. The summed E-state index contributed by atoms with van der Waals surface area (Å²) in [7, 11) is 0. The summed E-state index contributed by atoms with van der Waals surface area (Å²) in [6.07, 6.45) is 2.48. The fourth-order valence-electron chi connectivity index (χ4n) is 1.60. The topological polar surface area (TPSA) is 34.1 Å². The van der Waals surface area contributed by atoms with Crippen LogP contribution in [0.2, 0.25) is 0 Å². The molecule has 1 aromatic heterocycles. The van der Waals surface area contributed by atoms with E-state index in [1.165, 1.54) is 11.1 Å². The van der Waals surface area contributed by atoms with Crippen LogP contribution in [0.25, 0.3) is 0 Å². The zero-order valence-electron chi connectivity index (χ0n) is 10.2. The van der Waals surface area contributed by atoms with Gasteiger partial charge < -0.3 is 10.1 Å². The molecule has 0 aromatic carbocycles. The molecule has 0 amide bonds. The third kappa shape index (κ3) is 3.94. The van der Waals surface area contributed by atoms with Crippen LogP contribution in [0, 0.1) is 13.8 Å². The molecule has 0 aliphatic heterocycles. The Kier molecular flexibility index (Phi) is 5.49. The number of hydrogen-bond donors (Lipinski definition) is 1. The number of nitrogens with zero attached hydrogens (tertiary/aromatic N) is 1.